The van der Waals surface area contributed by atoms with Gasteiger partial charge in [-0.2, -0.15) is 0 Å². The summed E-state index contributed by atoms with van der Waals surface area (Å²) in [6.45, 7) is 3.48. The number of para-hydroxylation sites is 1. The summed E-state index contributed by atoms with van der Waals surface area (Å²) >= 11 is 0. The summed E-state index contributed by atoms with van der Waals surface area (Å²) in [5.41, 5.74) is 3.70. The quantitative estimate of drug-likeness (QED) is 0.680. The van der Waals surface area contributed by atoms with Crippen molar-refractivity contribution in [3.63, 3.8) is 0 Å². The number of carbonyl (C=O) groups is 1. The van der Waals surface area contributed by atoms with Crippen molar-refractivity contribution in [2.75, 3.05) is 6.54 Å². The summed E-state index contributed by atoms with van der Waals surface area (Å²) < 4.78 is 2.35. The van der Waals surface area contributed by atoms with Gasteiger partial charge in [0, 0.05) is 36.1 Å². The number of hydrogen-bond donors (Lipinski definition) is 1. The number of benzene rings is 2. The van der Waals surface area contributed by atoms with Crippen molar-refractivity contribution in [1.82, 2.24) is 9.88 Å². The van der Waals surface area contributed by atoms with E-state index in [1.807, 2.05) is 13.0 Å². The summed E-state index contributed by atoms with van der Waals surface area (Å²) in [6.07, 6.45) is 1.46. The molecule has 0 fully saturated rings. The average Bonchev–Trinajstić information content (AvgIpc) is 2.98. The second-order valence-corrected chi connectivity index (χ2v) is 5.66. The molecule has 1 amide bonds. The molecule has 0 radical (unpaired) electrons. The average molecular weight is 306 g/mol. The van der Waals surface area contributed by atoms with Crippen LogP contribution in [0.3, 0.4) is 0 Å². The topological polar surface area (TPSA) is 34.0 Å². The van der Waals surface area contributed by atoms with Crippen LogP contribution in [0.5, 0.6) is 0 Å². The third kappa shape index (κ3) is 3.45. The Kier molecular flexibility index (Phi) is 4.77. The highest BCUT2D eigenvalue weighted by molar-refractivity contribution is 5.87. The molecule has 1 N–H and O–H groups in total. The largest absolute Gasteiger partial charge is 0.356 e. The Morgan fingerprint density at radius 1 is 1.04 bits per heavy atom. The van der Waals surface area contributed by atoms with Gasteiger partial charge in [-0.1, -0.05) is 55.5 Å². The Balaban J connectivity index is 1.86. The molecule has 3 rings (SSSR count). The van der Waals surface area contributed by atoms with Crippen LogP contribution in [0.2, 0.25) is 0 Å². The summed E-state index contributed by atoms with van der Waals surface area (Å²) in [4.78, 5) is 11.4. The normalized spacial score (nSPS) is 10.8. The predicted molar refractivity (Wildman–Crippen MR) is 95.3 cm³/mol. The van der Waals surface area contributed by atoms with E-state index in [-0.39, 0.29) is 5.91 Å². The van der Waals surface area contributed by atoms with Crippen LogP contribution in [0.1, 0.15) is 19.8 Å². The molecule has 0 aliphatic carbocycles. The molecule has 3 heteroatoms. The molecule has 0 spiro atoms. The van der Waals surface area contributed by atoms with E-state index in [0.29, 0.717) is 13.0 Å². The SMILES string of the molecule is CCC(=O)NCCCn1c(-c2ccccc2)cc2ccccc21. The van der Waals surface area contributed by atoms with E-state index in [9.17, 15) is 4.79 Å². The van der Waals surface area contributed by atoms with Crippen LogP contribution in [-0.2, 0) is 11.3 Å². The van der Waals surface area contributed by atoms with Crippen LogP contribution < -0.4 is 5.32 Å². The van der Waals surface area contributed by atoms with Crippen LogP contribution in [0.25, 0.3) is 22.2 Å². The number of fused-ring (bicyclic) bond motifs is 1. The lowest BCUT2D eigenvalue weighted by molar-refractivity contribution is -0.120. The maximum absolute atomic E-state index is 11.4. The van der Waals surface area contributed by atoms with Crippen molar-refractivity contribution in [2.45, 2.75) is 26.3 Å². The summed E-state index contributed by atoms with van der Waals surface area (Å²) in [5, 5.41) is 4.20. The van der Waals surface area contributed by atoms with Crippen LogP contribution in [0, 0.1) is 0 Å². The monoisotopic (exact) mass is 306 g/mol. The Hall–Kier alpha value is -2.55. The third-order valence-corrected chi connectivity index (χ3v) is 4.08. The molecule has 1 heterocycles. The number of nitrogens with zero attached hydrogens (tertiary/aromatic N) is 1. The van der Waals surface area contributed by atoms with E-state index in [1.54, 1.807) is 0 Å². The first-order valence-corrected chi connectivity index (χ1v) is 8.20. The standard InChI is InChI=1S/C20H22N2O/c1-2-20(23)21-13-8-14-22-18-12-7-6-11-17(18)15-19(22)16-9-4-3-5-10-16/h3-7,9-12,15H,2,8,13-14H2,1H3,(H,21,23). The van der Waals surface area contributed by atoms with Crippen LogP contribution >= 0.6 is 0 Å². The van der Waals surface area contributed by atoms with Gasteiger partial charge in [0.1, 0.15) is 0 Å². The highest BCUT2D eigenvalue weighted by Gasteiger charge is 2.10. The first-order chi connectivity index (χ1) is 11.3. The fourth-order valence-electron chi connectivity index (χ4n) is 2.89. The van der Waals surface area contributed by atoms with Crippen LogP contribution in [-0.4, -0.2) is 17.0 Å². The molecular formula is C20H22N2O. The Morgan fingerprint density at radius 2 is 1.78 bits per heavy atom. The van der Waals surface area contributed by atoms with E-state index in [1.165, 1.54) is 22.2 Å². The van der Waals surface area contributed by atoms with Gasteiger partial charge in [0.15, 0.2) is 0 Å². The molecule has 3 aromatic rings. The molecule has 0 saturated carbocycles. The van der Waals surface area contributed by atoms with Gasteiger partial charge >= 0.3 is 0 Å². The highest BCUT2D eigenvalue weighted by atomic mass is 16.1. The van der Waals surface area contributed by atoms with Gasteiger partial charge in [0.25, 0.3) is 0 Å². The molecule has 0 atom stereocenters. The molecular weight excluding hydrogens is 284 g/mol. The van der Waals surface area contributed by atoms with Gasteiger partial charge in [-0.15, -0.1) is 0 Å². The second-order valence-electron chi connectivity index (χ2n) is 5.66. The first kappa shape index (κ1) is 15.3. The van der Waals surface area contributed by atoms with Gasteiger partial charge < -0.3 is 9.88 Å². The minimum atomic E-state index is 0.116. The summed E-state index contributed by atoms with van der Waals surface area (Å²) in [5.74, 6) is 0.116. The minimum absolute atomic E-state index is 0.116. The van der Waals surface area contributed by atoms with Gasteiger partial charge in [-0.3, -0.25) is 4.79 Å². The lowest BCUT2D eigenvalue weighted by Crippen LogP contribution is -2.24. The van der Waals surface area contributed by atoms with E-state index in [2.05, 4.69) is 64.5 Å². The molecule has 2 aromatic carbocycles. The summed E-state index contributed by atoms with van der Waals surface area (Å²) in [6, 6.07) is 21.2. The molecule has 1 aromatic heterocycles. The number of amides is 1. The number of hydrogen-bond acceptors (Lipinski definition) is 1. The molecule has 0 unspecified atom stereocenters. The van der Waals surface area contributed by atoms with E-state index in [4.69, 9.17) is 0 Å². The third-order valence-electron chi connectivity index (χ3n) is 4.08. The predicted octanol–water partition coefficient (Wildman–Crippen LogP) is 4.22. The van der Waals surface area contributed by atoms with Crippen molar-refractivity contribution in [1.29, 1.82) is 0 Å². The maximum atomic E-state index is 11.4. The van der Waals surface area contributed by atoms with Gasteiger partial charge in [0.2, 0.25) is 5.91 Å². The maximum Gasteiger partial charge on any atom is 0.219 e. The number of carbonyl (C=O) groups excluding carboxylic acids is 1. The molecule has 118 valence electrons. The Bertz CT molecular complexity index is 790. The van der Waals surface area contributed by atoms with Crippen molar-refractivity contribution in [2.24, 2.45) is 0 Å². The minimum Gasteiger partial charge on any atom is -0.356 e. The number of aromatic nitrogens is 1. The zero-order chi connectivity index (χ0) is 16.1. The summed E-state index contributed by atoms with van der Waals surface area (Å²) in [7, 11) is 0. The Morgan fingerprint density at radius 3 is 2.57 bits per heavy atom. The molecule has 3 nitrogen and oxygen atoms in total. The highest BCUT2D eigenvalue weighted by Crippen LogP contribution is 2.28. The number of rotatable bonds is 6. The van der Waals surface area contributed by atoms with E-state index in [0.717, 1.165) is 13.0 Å². The zero-order valence-corrected chi connectivity index (χ0v) is 13.5. The fourth-order valence-corrected chi connectivity index (χ4v) is 2.89. The van der Waals surface area contributed by atoms with Gasteiger partial charge in [0.05, 0.1) is 0 Å². The fraction of sp³-hybridized carbons (Fsp3) is 0.250. The van der Waals surface area contributed by atoms with Crippen LogP contribution in [0.15, 0.2) is 60.7 Å². The first-order valence-electron chi connectivity index (χ1n) is 8.20. The zero-order valence-electron chi connectivity index (χ0n) is 13.5. The van der Waals surface area contributed by atoms with E-state index < -0.39 is 0 Å². The molecule has 0 aliphatic rings. The van der Waals surface area contributed by atoms with Crippen molar-refractivity contribution in [3.8, 4) is 11.3 Å². The lowest BCUT2D eigenvalue weighted by atomic mass is 10.1. The lowest BCUT2D eigenvalue weighted by Gasteiger charge is -2.11. The molecule has 0 aliphatic heterocycles. The van der Waals surface area contributed by atoms with Gasteiger partial charge in [-0.25, -0.2) is 0 Å². The smallest absolute Gasteiger partial charge is 0.219 e. The van der Waals surface area contributed by atoms with Crippen molar-refractivity contribution in [3.05, 3.63) is 60.7 Å². The molecule has 23 heavy (non-hydrogen) atoms. The Labute approximate surface area is 136 Å². The number of nitrogens with one attached hydrogen (secondary N) is 1. The van der Waals surface area contributed by atoms with Crippen molar-refractivity contribution >= 4 is 16.8 Å². The molecule has 0 saturated heterocycles. The molecule has 0 bridgehead atoms. The van der Waals surface area contributed by atoms with Crippen molar-refractivity contribution < 1.29 is 4.79 Å². The van der Waals surface area contributed by atoms with E-state index >= 15 is 0 Å². The second kappa shape index (κ2) is 7.14. The number of aryl methyl sites for hydroxylation is 1. The van der Waals surface area contributed by atoms with Gasteiger partial charge in [-0.05, 0) is 24.1 Å². The van der Waals surface area contributed by atoms with Crippen LogP contribution in [0.4, 0.5) is 0 Å².